The maximum Gasteiger partial charge on any atom is 0.119 e. The van der Waals surface area contributed by atoms with Gasteiger partial charge in [-0.25, -0.2) is 0 Å². The number of benzene rings is 1. The van der Waals surface area contributed by atoms with Crippen LogP contribution in [0.1, 0.15) is 11.3 Å². The molecule has 0 aliphatic heterocycles. The van der Waals surface area contributed by atoms with E-state index in [4.69, 9.17) is 4.74 Å². The molecular weight excluding hydrogens is 212 g/mol. The van der Waals surface area contributed by atoms with Crippen LogP contribution in [0.3, 0.4) is 0 Å². The first-order chi connectivity index (χ1) is 8.40. The first-order valence-electron chi connectivity index (χ1n) is 5.51. The summed E-state index contributed by atoms with van der Waals surface area (Å²) < 4.78 is 5.63. The molecule has 1 aromatic heterocycles. The molecule has 0 radical (unpaired) electrons. The lowest BCUT2D eigenvalue weighted by atomic mass is 10.1. The molecule has 0 unspecified atom stereocenters. The summed E-state index contributed by atoms with van der Waals surface area (Å²) in [5, 5.41) is 7.82. The van der Waals surface area contributed by atoms with Crippen molar-refractivity contribution in [2.24, 2.45) is 0 Å². The van der Waals surface area contributed by atoms with Gasteiger partial charge in [0.1, 0.15) is 5.75 Å². The quantitative estimate of drug-likeness (QED) is 0.786. The fourth-order valence-corrected chi connectivity index (χ4v) is 1.55. The molecule has 0 saturated heterocycles. The van der Waals surface area contributed by atoms with Gasteiger partial charge in [-0.15, -0.1) is 0 Å². The van der Waals surface area contributed by atoms with E-state index < -0.39 is 0 Å². The van der Waals surface area contributed by atoms with Crippen LogP contribution in [0.25, 0.3) is 6.08 Å². The average Bonchev–Trinajstić information content (AvgIpc) is 2.40. The number of para-hydroxylation sites is 1. The van der Waals surface area contributed by atoms with E-state index in [2.05, 4.69) is 16.8 Å². The van der Waals surface area contributed by atoms with Gasteiger partial charge in [-0.3, -0.25) is 0 Å². The molecule has 17 heavy (non-hydrogen) atoms. The number of nitrogens with zero attached hydrogens (tertiary/aromatic N) is 2. The van der Waals surface area contributed by atoms with Crippen molar-refractivity contribution >= 4 is 6.08 Å². The summed E-state index contributed by atoms with van der Waals surface area (Å²) in [5.41, 5.74) is 1.93. The summed E-state index contributed by atoms with van der Waals surface area (Å²) >= 11 is 0. The average molecular weight is 226 g/mol. The molecule has 0 saturated carbocycles. The van der Waals surface area contributed by atoms with Crippen molar-refractivity contribution in [3.05, 3.63) is 60.4 Å². The van der Waals surface area contributed by atoms with E-state index in [0.29, 0.717) is 6.61 Å². The molecule has 1 aromatic carbocycles. The molecule has 0 spiro atoms. The Morgan fingerprint density at radius 2 is 2.00 bits per heavy atom. The normalized spacial score (nSPS) is 9.88. The summed E-state index contributed by atoms with van der Waals surface area (Å²) in [5.74, 6) is 0.884. The minimum Gasteiger partial charge on any atom is -0.493 e. The monoisotopic (exact) mass is 226 g/mol. The van der Waals surface area contributed by atoms with Gasteiger partial charge >= 0.3 is 0 Å². The molecule has 1 heterocycles. The molecule has 0 atom stereocenters. The zero-order chi connectivity index (χ0) is 11.9. The minimum absolute atomic E-state index is 0.622. The molecule has 0 aliphatic rings. The van der Waals surface area contributed by atoms with Gasteiger partial charge in [0.2, 0.25) is 0 Å². The molecule has 86 valence electrons. The highest BCUT2D eigenvalue weighted by Gasteiger charge is 2.00. The lowest BCUT2D eigenvalue weighted by Gasteiger charge is -2.07. The number of aromatic nitrogens is 2. The first-order valence-corrected chi connectivity index (χ1v) is 5.51. The maximum atomic E-state index is 5.63. The van der Waals surface area contributed by atoms with Crippen LogP contribution in [0.15, 0.2) is 49.2 Å². The van der Waals surface area contributed by atoms with Crippen LogP contribution in [-0.2, 0) is 6.42 Å². The topological polar surface area (TPSA) is 35.0 Å². The summed E-state index contributed by atoms with van der Waals surface area (Å²) in [7, 11) is 0. The highest BCUT2D eigenvalue weighted by Crippen LogP contribution is 2.10. The Morgan fingerprint density at radius 1 is 1.18 bits per heavy atom. The zero-order valence-electron chi connectivity index (χ0n) is 9.54. The van der Waals surface area contributed by atoms with Crippen molar-refractivity contribution in [1.82, 2.24) is 10.2 Å². The smallest absolute Gasteiger partial charge is 0.119 e. The number of hydrogen-bond acceptors (Lipinski definition) is 3. The van der Waals surface area contributed by atoms with Crippen molar-refractivity contribution in [2.45, 2.75) is 6.42 Å². The molecule has 0 bridgehead atoms. The number of hydrogen-bond donors (Lipinski definition) is 0. The van der Waals surface area contributed by atoms with Gasteiger partial charge in [-0.1, -0.05) is 24.8 Å². The minimum atomic E-state index is 0.622. The lowest BCUT2D eigenvalue weighted by Crippen LogP contribution is -2.04. The van der Waals surface area contributed by atoms with Crippen LogP contribution >= 0.6 is 0 Å². The van der Waals surface area contributed by atoms with E-state index in [9.17, 15) is 0 Å². The Hall–Kier alpha value is -2.16. The number of ether oxygens (including phenoxy) is 1. The molecule has 3 nitrogen and oxygen atoms in total. The molecule has 0 N–H and O–H groups in total. The third kappa shape index (κ3) is 3.14. The molecule has 2 aromatic rings. The van der Waals surface area contributed by atoms with Crippen molar-refractivity contribution in [2.75, 3.05) is 6.61 Å². The Kier molecular flexibility index (Phi) is 3.86. The highest BCUT2D eigenvalue weighted by molar-refractivity contribution is 5.45. The van der Waals surface area contributed by atoms with Crippen LogP contribution in [0.4, 0.5) is 0 Å². The van der Waals surface area contributed by atoms with Gasteiger partial charge in [0.25, 0.3) is 0 Å². The Labute approximate surface area is 101 Å². The molecule has 0 fully saturated rings. The van der Waals surface area contributed by atoms with Gasteiger partial charge in [-0.05, 0) is 29.8 Å². The van der Waals surface area contributed by atoms with Crippen molar-refractivity contribution in [1.29, 1.82) is 0 Å². The molecule has 0 amide bonds. The van der Waals surface area contributed by atoms with Crippen molar-refractivity contribution in [3.63, 3.8) is 0 Å². The first kappa shape index (κ1) is 11.3. The maximum absolute atomic E-state index is 5.63. The van der Waals surface area contributed by atoms with Crippen LogP contribution in [0.2, 0.25) is 0 Å². The fourth-order valence-electron chi connectivity index (χ4n) is 1.55. The summed E-state index contributed by atoms with van der Waals surface area (Å²) in [6.07, 6.45) is 4.20. The van der Waals surface area contributed by atoms with E-state index >= 15 is 0 Å². The predicted octanol–water partition coefficient (Wildman–Crippen LogP) is 2.74. The van der Waals surface area contributed by atoms with Crippen LogP contribution in [-0.4, -0.2) is 16.8 Å². The SMILES string of the molecule is C=Cc1nnccc1CCOc1ccccc1. The second-order valence-corrected chi connectivity index (χ2v) is 3.56. The fraction of sp³-hybridized carbons (Fsp3) is 0.143. The standard InChI is InChI=1S/C14H14N2O/c1-2-14-12(8-10-15-16-14)9-11-17-13-6-4-3-5-7-13/h2-8,10H,1,9,11H2. The lowest BCUT2D eigenvalue weighted by molar-refractivity contribution is 0.321. The van der Waals surface area contributed by atoms with E-state index in [0.717, 1.165) is 23.4 Å². The molecule has 0 aliphatic carbocycles. The summed E-state index contributed by atoms with van der Waals surface area (Å²) in [6.45, 7) is 4.34. The van der Waals surface area contributed by atoms with E-state index in [1.165, 1.54) is 0 Å². The van der Waals surface area contributed by atoms with Gasteiger partial charge in [-0.2, -0.15) is 10.2 Å². The molecule has 3 heteroatoms. The Bertz CT molecular complexity index is 483. The van der Waals surface area contributed by atoms with Gasteiger partial charge in [0.05, 0.1) is 12.3 Å². The summed E-state index contributed by atoms with van der Waals surface area (Å²) in [6, 6.07) is 11.7. The van der Waals surface area contributed by atoms with E-state index in [1.807, 2.05) is 36.4 Å². The third-order valence-corrected chi connectivity index (χ3v) is 2.41. The van der Waals surface area contributed by atoms with Crippen LogP contribution in [0.5, 0.6) is 5.75 Å². The number of rotatable bonds is 5. The van der Waals surface area contributed by atoms with Crippen LogP contribution < -0.4 is 4.74 Å². The van der Waals surface area contributed by atoms with Gasteiger partial charge in [0, 0.05) is 12.6 Å². The Balaban J connectivity index is 1.92. The van der Waals surface area contributed by atoms with Crippen molar-refractivity contribution in [3.8, 4) is 5.75 Å². The highest BCUT2D eigenvalue weighted by atomic mass is 16.5. The van der Waals surface area contributed by atoms with Gasteiger partial charge in [0.15, 0.2) is 0 Å². The second-order valence-electron chi connectivity index (χ2n) is 3.56. The third-order valence-electron chi connectivity index (χ3n) is 2.41. The second kappa shape index (κ2) is 5.80. The molecule has 2 rings (SSSR count). The Morgan fingerprint density at radius 3 is 2.76 bits per heavy atom. The van der Waals surface area contributed by atoms with E-state index in [-0.39, 0.29) is 0 Å². The van der Waals surface area contributed by atoms with Crippen molar-refractivity contribution < 1.29 is 4.74 Å². The largest absolute Gasteiger partial charge is 0.493 e. The predicted molar refractivity (Wildman–Crippen MR) is 67.8 cm³/mol. The van der Waals surface area contributed by atoms with Crippen LogP contribution in [0, 0.1) is 0 Å². The summed E-state index contributed by atoms with van der Waals surface area (Å²) in [4.78, 5) is 0. The van der Waals surface area contributed by atoms with Gasteiger partial charge < -0.3 is 4.74 Å². The molecular formula is C14H14N2O. The zero-order valence-corrected chi connectivity index (χ0v) is 9.54. The van der Waals surface area contributed by atoms with E-state index in [1.54, 1.807) is 12.3 Å².